The van der Waals surface area contributed by atoms with E-state index >= 15 is 0 Å². The predicted molar refractivity (Wildman–Crippen MR) is 121 cm³/mol. The molecule has 1 saturated heterocycles. The van der Waals surface area contributed by atoms with E-state index in [1.807, 2.05) is 37.8 Å². The zero-order valence-corrected chi connectivity index (χ0v) is 20.2. The van der Waals surface area contributed by atoms with Gasteiger partial charge in [-0.3, -0.25) is 9.59 Å². The average Bonchev–Trinajstić information content (AvgIpc) is 3.15. The van der Waals surface area contributed by atoms with E-state index in [9.17, 15) is 9.59 Å². The van der Waals surface area contributed by atoms with Gasteiger partial charge >= 0.3 is 0 Å². The first-order valence-electron chi connectivity index (χ1n) is 10.9. The summed E-state index contributed by atoms with van der Waals surface area (Å²) in [5, 5.41) is 3.05. The van der Waals surface area contributed by atoms with Gasteiger partial charge in [-0.25, -0.2) is 0 Å². The van der Waals surface area contributed by atoms with Crippen molar-refractivity contribution < 1.29 is 23.8 Å². The second-order valence-corrected chi connectivity index (χ2v) is 9.85. The van der Waals surface area contributed by atoms with Crippen LogP contribution in [0.5, 0.6) is 17.2 Å². The van der Waals surface area contributed by atoms with E-state index in [0.29, 0.717) is 49.2 Å². The number of carbonyl (C=O) groups excluding carboxylic acids is 2. The molecular weight excluding hydrogens is 396 g/mol. The predicted octanol–water partition coefficient (Wildman–Crippen LogP) is 3.46. The number of hydrogen-bond donors (Lipinski definition) is 1. The van der Waals surface area contributed by atoms with E-state index in [-0.39, 0.29) is 29.1 Å². The second-order valence-electron chi connectivity index (χ2n) is 9.85. The summed E-state index contributed by atoms with van der Waals surface area (Å²) in [4.78, 5) is 27.8. The molecule has 1 aromatic carbocycles. The van der Waals surface area contributed by atoms with Crippen LogP contribution in [-0.4, -0.2) is 57.7 Å². The first-order chi connectivity index (χ1) is 14.5. The number of likely N-dealkylation sites (tertiary alicyclic amines) is 1. The largest absolute Gasteiger partial charge is 0.493 e. The minimum absolute atomic E-state index is 0.0292. The number of methoxy groups -OCH3 is 3. The Labute approximate surface area is 186 Å². The van der Waals surface area contributed by atoms with Crippen molar-refractivity contribution in [3.63, 3.8) is 0 Å². The monoisotopic (exact) mass is 434 g/mol. The number of nitrogens with one attached hydrogen (secondary N) is 1. The highest BCUT2D eigenvalue weighted by atomic mass is 16.5. The zero-order chi connectivity index (χ0) is 23.3. The van der Waals surface area contributed by atoms with Gasteiger partial charge in [-0.05, 0) is 29.0 Å². The highest BCUT2D eigenvalue weighted by molar-refractivity contribution is 5.83. The van der Waals surface area contributed by atoms with Gasteiger partial charge in [0.05, 0.1) is 27.2 Å². The standard InChI is InChI=1S/C24H38N2O5/c1-15(2)12-25-23(28)18-14-26(21(27)11-24(3,4)5)13-17(18)16-9-19(29-6)22(31-8)20(10-16)30-7/h9-10,15,17-18H,11-14H2,1-8H3,(H,25,28)/t17-,18+/m0/s1. The molecule has 0 saturated carbocycles. The van der Waals surface area contributed by atoms with E-state index in [2.05, 4.69) is 19.2 Å². The molecule has 2 rings (SSSR count). The maximum atomic E-state index is 13.1. The molecule has 2 amide bonds. The maximum Gasteiger partial charge on any atom is 0.225 e. The Balaban J connectivity index is 2.40. The van der Waals surface area contributed by atoms with Gasteiger partial charge in [-0.15, -0.1) is 0 Å². The molecule has 1 aromatic rings. The molecule has 31 heavy (non-hydrogen) atoms. The number of nitrogens with zero attached hydrogens (tertiary/aromatic N) is 1. The Morgan fingerprint density at radius 1 is 1.06 bits per heavy atom. The van der Waals surface area contributed by atoms with Crippen LogP contribution in [0.4, 0.5) is 0 Å². The molecule has 174 valence electrons. The highest BCUT2D eigenvalue weighted by Gasteiger charge is 2.41. The van der Waals surface area contributed by atoms with Crippen LogP contribution >= 0.6 is 0 Å². The van der Waals surface area contributed by atoms with Crippen LogP contribution in [0.15, 0.2) is 12.1 Å². The third-order valence-electron chi connectivity index (χ3n) is 5.49. The van der Waals surface area contributed by atoms with Crippen LogP contribution in [0.1, 0.15) is 52.5 Å². The molecule has 1 heterocycles. The smallest absolute Gasteiger partial charge is 0.225 e. The molecule has 0 aromatic heterocycles. The zero-order valence-electron chi connectivity index (χ0n) is 20.2. The molecule has 7 nitrogen and oxygen atoms in total. The Hall–Kier alpha value is -2.44. The SMILES string of the molecule is COc1cc([C@@H]2CN(C(=O)CC(C)(C)C)C[C@H]2C(=O)NCC(C)C)cc(OC)c1OC. The minimum Gasteiger partial charge on any atom is -0.493 e. The quantitative estimate of drug-likeness (QED) is 0.678. The molecule has 0 bridgehead atoms. The lowest BCUT2D eigenvalue weighted by Crippen LogP contribution is -2.37. The van der Waals surface area contributed by atoms with Crippen LogP contribution in [-0.2, 0) is 9.59 Å². The Bertz CT molecular complexity index is 760. The summed E-state index contributed by atoms with van der Waals surface area (Å²) in [5.74, 6) is 1.48. The fourth-order valence-electron chi connectivity index (χ4n) is 3.93. The van der Waals surface area contributed by atoms with Gasteiger partial charge in [0.2, 0.25) is 17.6 Å². The second kappa shape index (κ2) is 10.2. The summed E-state index contributed by atoms with van der Waals surface area (Å²) in [6.07, 6.45) is 0.440. The number of carbonyl (C=O) groups is 2. The number of rotatable bonds is 8. The van der Waals surface area contributed by atoms with Gasteiger partial charge in [0.15, 0.2) is 11.5 Å². The van der Waals surface area contributed by atoms with Gasteiger partial charge in [0.1, 0.15) is 0 Å². The maximum absolute atomic E-state index is 13.1. The van der Waals surface area contributed by atoms with E-state index in [0.717, 1.165) is 5.56 Å². The van der Waals surface area contributed by atoms with Crippen molar-refractivity contribution in [3.05, 3.63) is 17.7 Å². The van der Waals surface area contributed by atoms with Crippen LogP contribution in [0.25, 0.3) is 0 Å². The van der Waals surface area contributed by atoms with Crippen molar-refractivity contribution in [2.24, 2.45) is 17.3 Å². The highest BCUT2D eigenvalue weighted by Crippen LogP contribution is 2.43. The van der Waals surface area contributed by atoms with Crippen molar-refractivity contribution in [2.75, 3.05) is 41.0 Å². The molecule has 1 aliphatic rings. The van der Waals surface area contributed by atoms with Gasteiger partial charge < -0.3 is 24.4 Å². The molecule has 2 atom stereocenters. The Morgan fingerprint density at radius 3 is 2.10 bits per heavy atom. The molecule has 1 N–H and O–H groups in total. The summed E-state index contributed by atoms with van der Waals surface area (Å²) in [6.45, 7) is 11.7. The van der Waals surface area contributed by atoms with Gasteiger partial charge in [0, 0.05) is 32.0 Å². The lowest BCUT2D eigenvalue weighted by Gasteiger charge is -2.23. The molecule has 0 radical (unpaired) electrons. The molecule has 1 aliphatic heterocycles. The van der Waals surface area contributed by atoms with E-state index in [1.54, 1.807) is 21.3 Å². The first kappa shape index (κ1) is 24.8. The fourth-order valence-corrected chi connectivity index (χ4v) is 3.93. The van der Waals surface area contributed by atoms with E-state index < -0.39 is 0 Å². The van der Waals surface area contributed by atoms with Crippen LogP contribution in [0, 0.1) is 17.3 Å². The summed E-state index contributed by atoms with van der Waals surface area (Å²) < 4.78 is 16.5. The van der Waals surface area contributed by atoms with Gasteiger partial charge in [-0.1, -0.05) is 34.6 Å². The van der Waals surface area contributed by atoms with Crippen LogP contribution in [0.3, 0.4) is 0 Å². The normalized spacial score (nSPS) is 18.8. The Kier molecular flexibility index (Phi) is 8.21. The molecule has 0 unspecified atom stereocenters. The molecular formula is C24H38N2O5. The number of amides is 2. The average molecular weight is 435 g/mol. The number of hydrogen-bond acceptors (Lipinski definition) is 5. The first-order valence-corrected chi connectivity index (χ1v) is 10.9. The van der Waals surface area contributed by atoms with Gasteiger partial charge in [-0.2, -0.15) is 0 Å². The number of benzene rings is 1. The summed E-state index contributed by atoms with van der Waals surface area (Å²) >= 11 is 0. The summed E-state index contributed by atoms with van der Waals surface area (Å²) in [6, 6.07) is 3.76. The lowest BCUT2D eigenvalue weighted by molar-refractivity contribution is -0.132. The molecule has 0 spiro atoms. The lowest BCUT2D eigenvalue weighted by atomic mass is 9.87. The van der Waals surface area contributed by atoms with Crippen LogP contribution in [0.2, 0.25) is 0 Å². The number of ether oxygens (including phenoxy) is 3. The van der Waals surface area contributed by atoms with Crippen molar-refractivity contribution in [1.82, 2.24) is 10.2 Å². The molecule has 7 heteroatoms. The van der Waals surface area contributed by atoms with Crippen molar-refractivity contribution in [3.8, 4) is 17.2 Å². The third kappa shape index (κ3) is 6.28. The Morgan fingerprint density at radius 2 is 1.65 bits per heavy atom. The van der Waals surface area contributed by atoms with Gasteiger partial charge in [0.25, 0.3) is 0 Å². The summed E-state index contributed by atoms with van der Waals surface area (Å²) in [5.41, 5.74) is 0.780. The van der Waals surface area contributed by atoms with E-state index in [1.165, 1.54) is 0 Å². The van der Waals surface area contributed by atoms with Crippen molar-refractivity contribution in [2.45, 2.75) is 47.0 Å². The molecule has 0 aliphatic carbocycles. The van der Waals surface area contributed by atoms with Crippen LogP contribution < -0.4 is 19.5 Å². The summed E-state index contributed by atoms with van der Waals surface area (Å²) in [7, 11) is 4.70. The topological polar surface area (TPSA) is 77.1 Å². The van der Waals surface area contributed by atoms with Crippen molar-refractivity contribution >= 4 is 11.8 Å². The third-order valence-corrected chi connectivity index (χ3v) is 5.49. The minimum atomic E-state index is -0.342. The molecule has 1 fully saturated rings. The fraction of sp³-hybridized carbons (Fsp3) is 0.667. The van der Waals surface area contributed by atoms with Crippen molar-refractivity contribution in [1.29, 1.82) is 0 Å². The van der Waals surface area contributed by atoms with E-state index in [4.69, 9.17) is 14.2 Å².